The van der Waals surface area contributed by atoms with Crippen molar-refractivity contribution in [2.24, 2.45) is 0 Å². The van der Waals surface area contributed by atoms with Gasteiger partial charge in [0, 0.05) is 27.1 Å². The first-order chi connectivity index (χ1) is 16.4. The predicted molar refractivity (Wildman–Crippen MR) is 139 cm³/mol. The Kier molecular flexibility index (Phi) is 3.88. The van der Waals surface area contributed by atoms with Crippen LogP contribution in [0.4, 0.5) is 0 Å². The maximum absolute atomic E-state index is 5.36. The van der Waals surface area contributed by atoms with Gasteiger partial charge < -0.3 is 4.40 Å². The van der Waals surface area contributed by atoms with Crippen LogP contribution in [0.5, 0.6) is 0 Å². The van der Waals surface area contributed by atoms with Crippen molar-refractivity contribution in [2.75, 3.05) is 0 Å². The molecule has 0 atom stereocenters. The van der Waals surface area contributed by atoms with Crippen LogP contribution in [0.15, 0.2) is 121 Å². The molecule has 7 aromatic rings. The zero-order valence-electron chi connectivity index (χ0n) is 17.9. The van der Waals surface area contributed by atoms with E-state index in [1.54, 1.807) is 0 Å². The molecule has 33 heavy (non-hydrogen) atoms. The van der Waals surface area contributed by atoms with E-state index in [-0.39, 0.29) is 0 Å². The zero-order chi connectivity index (χ0) is 21.8. The van der Waals surface area contributed by atoms with Crippen molar-refractivity contribution in [3.63, 3.8) is 0 Å². The highest BCUT2D eigenvalue weighted by Gasteiger charge is 2.14. The third-order valence-corrected chi connectivity index (χ3v) is 6.57. The Labute approximate surface area is 191 Å². The molecule has 0 saturated heterocycles. The van der Waals surface area contributed by atoms with Gasteiger partial charge in [0.1, 0.15) is 0 Å². The van der Waals surface area contributed by atoms with E-state index < -0.39 is 0 Å². The topological polar surface area (TPSA) is 17.3 Å². The molecule has 7 rings (SSSR count). The summed E-state index contributed by atoms with van der Waals surface area (Å²) in [6.45, 7) is 0. The molecule has 154 valence electrons. The second-order valence-electron chi connectivity index (χ2n) is 8.42. The molecule has 0 bridgehead atoms. The van der Waals surface area contributed by atoms with Crippen LogP contribution in [-0.4, -0.2) is 9.38 Å². The van der Waals surface area contributed by atoms with Gasteiger partial charge in [0.2, 0.25) is 0 Å². The van der Waals surface area contributed by atoms with E-state index in [9.17, 15) is 0 Å². The first-order valence-corrected chi connectivity index (χ1v) is 11.3. The minimum atomic E-state index is 0.981. The molecule has 0 aliphatic carbocycles. The van der Waals surface area contributed by atoms with Crippen molar-refractivity contribution in [3.05, 3.63) is 121 Å². The summed E-state index contributed by atoms with van der Waals surface area (Å²) in [7, 11) is 0. The largest absolute Gasteiger partial charge is 0.307 e. The van der Waals surface area contributed by atoms with Crippen LogP contribution in [0.2, 0.25) is 0 Å². The van der Waals surface area contributed by atoms with Gasteiger partial charge in [-0.05, 0) is 23.6 Å². The quantitative estimate of drug-likeness (QED) is 0.262. The normalized spacial score (nSPS) is 11.6. The fourth-order valence-electron chi connectivity index (χ4n) is 5.16. The number of aromatic nitrogens is 2. The van der Waals surface area contributed by atoms with E-state index in [2.05, 4.69) is 126 Å². The molecule has 0 unspecified atom stereocenters. The molecule has 0 spiro atoms. The minimum absolute atomic E-state index is 0.981. The Balaban J connectivity index is 1.91. The van der Waals surface area contributed by atoms with Crippen molar-refractivity contribution >= 4 is 49.0 Å². The van der Waals surface area contributed by atoms with Crippen molar-refractivity contribution < 1.29 is 0 Å². The Morgan fingerprint density at radius 3 is 1.70 bits per heavy atom. The third-order valence-electron chi connectivity index (χ3n) is 6.57. The molecule has 0 aliphatic rings. The molecule has 2 heterocycles. The maximum atomic E-state index is 5.36. The van der Waals surface area contributed by atoms with Crippen LogP contribution in [0.3, 0.4) is 0 Å². The number of fused-ring (bicyclic) bond motifs is 7. The SMILES string of the molecule is c1ccc(-c2nc3cccc4c5ccccc5n(c5ccccc5c5ccccc25)c34)cc1. The molecular weight excluding hydrogens is 400 g/mol. The summed E-state index contributed by atoms with van der Waals surface area (Å²) in [5.41, 5.74) is 6.61. The van der Waals surface area contributed by atoms with E-state index >= 15 is 0 Å². The number of hydrogen-bond donors (Lipinski definition) is 0. The monoisotopic (exact) mass is 420 g/mol. The fraction of sp³-hybridized carbons (Fsp3) is 0. The van der Waals surface area contributed by atoms with Crippen LogP contribution in [0.25, 0.3) is 60.3 Å². The lowest BCUT2D eigenvalue weighted by Gasteiger charge is -2.05. The summed E-state index contributed by atoms with van der Waals surface area (Å²) in [5.74, 6) is 0. The van der Waals surface area contributed by atoms with Crippen LogP contribution >= 0.6 is 0 Å². The van der Waals surface area contributed by atoms with Gasteiger partial charge in [-0.25, -0.2) is 4.98 Å². The Morgan fingerprint density at radius 1 is 0.424 bits per heavy atom. The number of benzene rings is 5. The number of nitrogens with zero attached hydrogens (tertiary/aromatic N) is 2. The third kappa shape index (κ3) is 2.64. The average molecular weight is 421 g/mol. The van der Waals surface area contributed by atoms with Gasteiger partial charge in [-0.1, -0.05) is 103 Å². The molecule has 2 heteroatoms. The fourth-order valence-corrected chi connectivity index (χ4v) is 5.16. The summed E-state index contributed by atoms with van der Waals surface area (Å²) < 4.78 is 2.39. The van der Waals surface area contributed by atoms with Gasteiger partial charge in [0.05, 0.1) is 27.8 Å². The molecule has 0 amide bonds. The van der Waals surface area contributed by atoms with E-state index in [4.69, 9.17) is 4.98 Å². The molecule has 0 N–H and O–H groups in total. The molecule has 0 aliphatic heterocycles. The van der Waals surface area contributed by atoms with Gasteiger partial charge in [-0.15, -0.1) is 0 Å². The Morgan fingerprint density at radius 2 is 0.970 bits per heavy atom. The van der Waals surface area contributed by atoms with Crippen molar-refractivity contribution in [1.82, 2.24) is 9.38 Å². The lowest BCUT2D eigenvalue weighted by molar-refractivity contribution is 1.34. The zero-order valence-corrected chi connectivity index (χ0v) is 17.9. The Bertz CT molecular complexity index is 1860. The second kappa shape index (κ2) is 7.04. The second-order valence-corrected chi connectivity index (χ2v) is 8.42. The number of rotatable bonds is 1. The highest BCUT2D eigenvalue weighted by molar-refractivity contribution is 6.17. The van der Waals surface area contributed by atoms with Gasteiger partial charge in [-0.2, -0.15) is 0 Å². The maximum Gasteiger partial charge on any atom is 0.0884 e. The molecular formula is C31H20N2. The summed E-state index contributed by atoms with van der Waals surface area (Å²) in [6, 6.07) is 43.0. The van der Waals surface area contributed by atoms with Gasteiger partial charge in [0.25, 0.3) is 0 Å². The first-order valence-electron chi connectivity index (χ1n) is 11.3. The van der Waals surface area contributed by atoms with Crippen LogP contribution in [0.1, 0.15) is 0 Å². The summed E-state index contributed by atoms with van der Waals surface area (Å²) in [6.07, 6.45) is 0. The highest BCUT2D eigenvalue weighted by Crippen LogP contribution is 2.36. The molecule has 5 aromatic carbocycles. The van der Waals surface area contributed by atoms with Crippen molar-refractivity contribution in [2.45, 2.75) is 0 Å². The smallest absolute Gasteiger partial charge is 0.0884 e. The van der Waals surface area contributed by atoms with E-state index in [1.165, 1.54) is 32.6 Å². The minimum Gasteiger partial charge on any atom is -0.307 e. The lowest BCUT2D eigenvalue weighted by atomic mass is 10.0. The molecule has 0 saturated carbocycles. The van der Waals surface area contributed by atoms with Gasteiger partial charge >= 0.3 is 0 Å². The number of hydrogen-bond acceptors (Lipinski definition) is 1. The average Bonchev–Trinajstić information content (AvgIpc) is 3.24. The predicted octanol–water partition coefficient (Wildman–Crippen LogP) is 8.18. The van der Waals surface area contributed by atoms with Crippen molar-refractivity contribution in [1.29, 1.82) is 0 Å². The van der Waals surface area contributed by atoms with Gasteiger partial charge in [-0.3, -0.25) is 0 Å². The van der Waals surface area contributed by atoms with Crippen LogP contribution in [0, 0.1) is 0 Å². The Hall–Kier alpha value is -4.43. The standard InChI is InChI=1S/C31H20N2/c1-2-11-21(12-3-1)30-25-16-5-4-13-22(25)23-14-6-8-19-28(23)33-29-20-9-7-15-24(29)26-17-10-18-27(32-30)31(26)33/h1-20H. The molecule has 2 nitrogen and oxygen atoms in total. The van der Waals surface area contributed by atoms with Crippen molar-refractivity contribution in [3.8, 4) is 11.3 Å². The molecule has 0 fully saturated rings. The van der Waals surface area contributed by atoms with Gasteiger partial charge in [0.15, 0.2) is 0 Å². The summed E-state index contributed by atoms with van der Waals surface area (Å²) in [4.78, 5) is 5.36. The van der Waals surface area contributed by atoms with E-state index in [1.807, 2.05) is 0 Å². The first kappa shape index (κ1) is 18.2. The lowest BCUT2D eigenvalue weighted by Crippen LogP contribution is -1.86. The molecule has 2 aromatic heterocycles. The summed E-state index contributed by atoms with van der Waals surface area (Å²) in [5, 5.41) is 6.00. The van der Waals surface area contributed by atoms with Crippen LogP contribution in [-0.2, 0) is 0 Å². The van der Waals surface area contributed by atoms with Crippen LogP contribution < -0.4 is 0 Å². The van der Waals surface area contributed by atoms with E-state index in [0.717, 1.165) is 27.7 Å². The van der Waals surface area contributed by atoms with E-state index in [0.29, 0.717) is 0 Å². The summed E-state index contributed by atoms with van der Waals surface area (Å²) >= 11 is 0. The molecule has 0 radical (unpaired) electrons. The highest BCUT2D eigenvalue weighted by atomic mass is 14.9. The number of para-hydroxylation sites is 3.